The minimum Gasteiger partial charge on any atom is -0.460 e. The van der Waals surface area contributed by atoms with Crippen LogP contribution in [0.15, 0.2) is 15.6 Å². The number of carbonyl (C=O) groups excluding carboxylic acids is 1. The lowest BCUT2D eigenvalue weighted by Crippen LogP contribution is -2.29. The molecule has 1 N–H and O–H groups in total. The summed E-state index contributed by atoms with van der Waals surface area (Å²) in [5.74, 6) is 1.43. The van der Waals surface area contributed by atoms with Gasteiger partial charge >= 0.3 is 6.09 Å². The summed E-state index contributed by atoms with van der Waals surface area (Å²) in [5, 5.41) is 3.74. The van der Waals surface area contributed by atoms with Gasteiger partial charge in [-0.05, 0) is 46.2 Å². The Morgan fingerprint density at radius 3 is 2.59 bits per heavy atom. The second-order valence-electron chi connectivity index (χ2n) is 4.76. The van der Waals surface area contributed by atoms with Gasteiger partial charge in [-0.25, -0.2) is 10.2 Å². The average molecular weight is 238 g/mol. The summed E-state index contributed by atoms with van der Waals surface area (Å²) in [5.41, 5.74) is 2.78. The number of ether oxygens (including phenoxy) is 1. The van der Waals surface area contributed by atoms with E-state index in [1.54, 1.807) is 20.8 Å². The molecule has 1 aromatic heterocycles. The second kappa shape index (κ2) is 5.03. The van der Waals surface area contributed by atoms with E-state index in [-0.39, 0.29) is 0 Å². The number of aryl methyl sites for hydroxylation is 2. The van der Waals surface area contributed by atoms with Gasteiger partial charge in [0.15, 0.2) is 0 Å². The highest BCUT2D eigenvalue weighted by molar-refractivity contribution is 5.78. The molecule has 1 amide bonds. The first kappa shape index (κ1) is 13.3. The predicted octanol–water partition coefficient (Wildman–Crippen LogP) is 2.76. The molecule has 1 rings (SSSR count). The van der Waals surface area contributed by atoms with Crippen molar-refractivity contribution in [2.45, 2.75) is 40.2 Å². The van der Waals surface area contributed by atoms with E-state index in [2.05, 4.69) is 10.5 Å². The first-order valence-corrected chi connectivity index (χ1v) is 5.37. The van der Waals surface area contributed by atoms with Crippen molar-refractivity contribution in [2.24, 2.45) is 5.10 Å². The van der Waals surface area contributed by atoms with Crippen molar-refractivity contribution < 1.29 is 13.9 Å². The van der Waals surface area contributed by atoms with E-state index >= 15 is 0 Å². The van der Waals surface area contributed by atoms with Crippen molar-refractivity contribution >= 4 is 12.3 Å². The molecule has 1 heterocycles. The molecular formula is C12H18N2O3. The minimum atomic E-state index is -0.589. The SMILES string of the molecule is Cc1cc(/C=N/NC(=O)OC(C)(C)C)oc1C. The molecule has 0 radical (unpaired) electrons. The molecule has 5 heteroatoms. The molecular weight excluding hydrogens is 220 g/mol. The van der Waals surface area contributed by atoms with Crippen LogP contribution in [0, 0.1) is 13.8 Å². The molecule has 0 aliphatic rings. The van der Waals surface area contributed by atoms with E-state index in [1.165, 1.54) is 6.21 Å². The van der Waals surface area contributed by atoms with Crippen molar-refractivity contribution in [3.8, 4) is 0 Å². The number of nitrogens with one attached hydrogen (secondary N) is 1. The molecule has 0 unspecified atom stereocenters. The van der Waals surface area contributed by atoms with Gasteiger partial charge in [0.05, 0.1) is 6.21 Å². The third-order valence-corrected chi connectivity index (χ3v) is 1.93. The van der Waals surface area contributed by atoms with Crippen LogP contribution in [0.1, 0.15) is 37.9 Å². The van der Waals surface area contributed by atoms with Crippen LogP contribution in [0.3, 0.4) is 0 Å². The lowest BCUT2D eigenvalue weighted by molar-refractivity contribution is 0.0529. The summed E-state index contributed by atoms with van der Waals surface area (Å²) < 4.78 is 10.4. The number of furan rings is 1. The van der Waals surface area contributed by atoms with Crippen LogP contribution < -0.4 is 5.43 Å². The van der Waals surface area contributed by atoms with Gasteiger partial charge in [-0.3, -0.25) is 0 Å². The van der Waals surface area contributed by atoms with E-state index in [4.69, 9.17) is 9.15 Å². The third kappa shape index (κ3) is 4.72. The van der Waals surface area contributed by atoms with Gasteiger partial charge < -0.3 is 9.15 Å². The molecule has 94 valence electrons. The molecule has 0 aliphatic carbocycles. The summed E-state index contributed by atoms with van der Waals surface area (Å²) >= 11 is 0. The summed E-state index contributed by atoms with van der Waals surface area (Å²) in [6, 6.07) is 1.84. The number of rotatable bonds is 2. The molecule has 0 spiro atoms. The maximum Gasteiger partial charge on any atom is 0.428 e. The molecule has 1 aromatic rings. The van der Waals surface area contributed by atoms with Crippen LogP contribution in [0.25, 0.3) is 0 Å². The zero-order valence-corrected chi connectivity index (χ0v) is 10.8. The van der Waals surface area contributed by atoms with Crippen molar-refractivity contribution in [1.82, 2.24) is 5.43 Å². The highest BCUT2D eigenvalue weighted by atomic mass is 16.6. The van der Waals surface area contributed by atoms with Crippen LogP contribution in [0.2, 0.25) is 0 Å². The quantitative estimate of drug-likeness (QED) is 0.636. The average Bonchev–Trinajstić information content (AvgIpc) is 2.43. The Morgan fingerprint density at radius 2 is 2.12 bits per heavy atom. The third-order valence-electron chi connectivity index (χ3n) is 1.93. The van der Waals surface area contributed by atoms with Gasteiger partial charge in [0.2, 0.25) is 0 Å². The largest absolute Gasteiger partial charge is 0.460 e. The predicted molar refractivity (Wildman–Crippen MR) is 65.1 cm³/mol. The number of hydrogen-bond donors (Lipinski definition) is 1. The first-order valence-electron chi connectivity index (χ1n) is 5.37. The summed E-state index contributed by atoms with van der Waals surface area (Å²) in [6.45, 7) is 9.17. The maximum atomic E-state index is 11.2. The molecule has 0 saturated heterocycles. The van der Waals surface area contributed by atoms with Gasteiger partial charge in [0.25, 0.3) is 0 Å². The van der Waals surface area contributed by atoms with Gasteiger partial charge in [-0.15, -0.1) is 0 Å². The maximum absolute atomic E-state index is 11.2. The second-order valence-corrected chi connectivity index (χ2v) is 4.76. The van der Waals surface area contributed by atoms with Crippen molar-refractivity contribution in [3.63, 3.8) is 0 Å². The van der Waals surface area contributed by atoms with E-state index in [9.17, 15) is 4.79 Å². The van der Waals surface area contributed by atoms with Crippen molar-refractivity contribution in [2.75, 3.05) is 0 Å². The van der Waals surface area contributed by atoms with E-state index in [0.717, 1.165) is 11.3 Å². The van der Waals surface area contributed by atoms with Crippen LogP contribution in [0.5, 0.6) is 0 Å². The molecule has 0 aliphatic heterocycles. The van der Waals surface area contributed by atoms with Crippen molar-refractivity contribution in [1.29, 1.82) is 0 Å². The zero-order chi connectivity index (χ0) is 13.1. The molecule has 0 fully saturated rings. The van der Waals surface area contributed by atoms with Crippen LogP contribution in [-0.2, 0) is 4.74 Å². The lowest BCUT2D eigenvalue weighted by Gasteiger charge is -2.18. The normalized spacial score (nSPS) is 11.8. The first-order chi connectivity index (χ1) is 7.78. The number of carbonyl (C=O) groups is 1. The Morgan fingerprint density at radius 1 is 1.47 bits per heavy atom. The fourth-order valence-corrected chi connectivity index (χ4v) is 1.11. The molecule has 0 bridgehead atoms. The Hall–Kier alpha value is -1.78. The lowest BCUT2D eigenvalue weighted by atomic mass is 10.2. The Labute approximate surface area is 101 Å². The summed E-state index contributed by atoms with van der Waals surface area (Å²) in [4.78, 5) is 11.2. The number of nitrogens with zero attached hydrogens (tertiary/aromatic N) is 1. The Bertz CT molecular complexity index is 408. The van der Waals surface area contributed by atoms with Crippen molar-refractivity contribution in [3.05, 3.63) is 23.2 Å². The fraction of sp³-hybridized carbons (Fsp3) is 0.500. The van der Waals surface area contributed by atoms with E-state index in [1.807, 2.05) is 19.9 Å². The number of hydrazone groups is 1. The summed E-state index contributed by atoms with van der Waals surface area (Å²) in [7, 11) is 0. The molecule has 5 nitrogen and oxygen atoms in total. The van der Waals surface area contributed by atoms with Gasteiger partial charge in [-0.2, -0.15) is 5.10 Å². The molecule has 0 atom stereocenters. The smallest absolute Gasteiger partial charge is 0.428 e. The van der Waals surface area contributed by atoms with Gasteiger partial charge in [0.1, 0.15) is 17.1 Å². The molecule has 17 heavy (non-hydrogen) atoms. The Balaban J connectivity index is 2.48. The van der Waals surface area contributed by atoms with E-state index in [0.29, 0.717) is 5.76 Å². The Kier molecular flexibility index (Phi) is 3.93. The number of amides is 1. The molecule has 0 saturated carbocycles. The topological polar surface area (TPSA) is 63.8 Å². The standard InChI is InChI=1S/C12H18N2O3/c1-8-6-10(16-9(8)2)7-13-14-11(15)17-12(3,4)5/h6-7H,1-5H3,(H,14,15)/b13-7+. The highest BCUT2D eigenvalue weighted by Crippen LogP contribution is 2.11. The van der Waals surface area contributed by atoms with Gasteiger partial charge in [0, 0.05) is 0 Å². The zero-order valence-electron chi connectivity index (χ0n) is 10.8. The summed E-state index contributed by atoms with van der Waals surface area (Å²) in [6.07, 6.45) is 0.845. The fourth-order valence-electron chi connectivity index (χ4n) is 1.11. The number of hydrogen-bond acceptors (Lipinski definition) is 4. The van der Waals surface area contributed by atoms with Crippen LogP contribution in [0.4, 0.5) is 4.79 Å². The van der Waals surface area contributed by atoms with Crippen LogP contribution >= 0.6 is 0 Å². The highest BCUT2D eigenvalue weighted by Gasteiger charge is 2.15. The van der Waals surface area contributed by atoms with Crippen LogP contribution in [-0.4, -0.2) is 17.9 Å². The monoisotopic (exact) mass is 238 g/mol. The molecule has 0 aromatic carbocycles. The van der Waals surface area contributed by atoms with Gasteiger partial charge in [-0.1, -0.05) is 0 Å². The minimum absolute atomic E-state index is 0.530. The van der Waals surface area contributed by atoms with E-state index < -0.39 is 11.7 Å².